The molecule has 2 aromatic rings. The van der Waals surface area contributed by atoms with Crippen molar-refractivity contribution in [1.29, 1.82) is 0 Å². The summed E-state index contributed by atoms with van der Waals surface area (Å²) in [5.74, 6) is 1.09. The quantitative estimate of drug-likeness (QED) is 0.843. The number of aromatic nitrogens is 1. The number of aryl methyl sites for hydroxylation is 3. The molecular formula is C19H26N4O2. The molecule has 3 rings (SSSR count). The van der Waals surface area contributed by atoms with Gasteiger partial charge in [-0.2, -0.15) is 0 Å². The molecule has 25 heavy (non-hydrogen) atoms. The lowest BCUT2D eigenvalue weighted by molar-refractivity contribution is -0.133. The molecule has 0 spiro atoms. The van der Waals surface area contributed by atoms with E-state index in [9.17, 15) is 4.79 Å². The van der Waals surface area contributed by atoms with Crippen LogP contribution in [0.25, 0.3) is 0 Å². The maximum atomic E-state index is 12.5. The zero-order valence-corrected chi connectivity index (χ0v) is 15.0. The lowest BCUT2D eigenvalue weighted by Gasteiger charge is -2.34. The van der Waals surface area contributed by atoms with E-state index in [4.69, 9.17) is 10.3 Å². The Kier molecular flexibility index (Phi) is 5.38. The molecular weight excluding hydrogens is 316 g/mol. The van der Waals surface area contributed by atoms with Gasteiger partial charge in [-0.05, 0) is 31.9 Å². The standard InChI is InChI=1S/C19H26N4O2/c1-14-17(15(2)25-21-14)13-22-9-11-23(12-10-22)19(24)8-7-16-5-3-4-6-18(16)20/h3-6H,7-13,20H2,1-2H3. The van der Waals surface area contributed by atoms with Crippen molar-refractivity contribution in [3.63, 3.8) is 0 Å². The summed E-state index contributed by atoms with van der Waals surface area (Å²) in [7, 11) is 0. The number of rotatable bonds is 5. The number of benzene rings is 1. The highest BCUT2D eigenvalue weighted by atomic mass is 16.5. The van der Waals surface area contributed by atoms with Gasteiger partial charge in [-0.25, -0.2) is 0 Å². The number of nitrogens with zero attached hydrogens (tertiary/aromatic N) is 3. The van der Waals surface area contributed by atoms with Gasteiger partial charge < -0.3 is 15.2 Å². The van der Waals surface area contributed by atoms with Crippen molar-refractivity contribution < 1.29 is 9.32 Å². The van der Waals surface area contributed by atoms with Crippen LogP contribution in [-0.4, -0.2) is 47.0 Å². The number of hydrogen-bond acceptors (Lipinski definition) is 5. The van der Waals surface area contributed by atoms with E-state index >= 15 is 0 Å². The lowest BCUT2D eigenvalue weighted by Crippen LogP contribution is -2.48. The second kappa shape index (κ2) is 7.70. The molecule has 1 aromatic heterocycles. The number of anilines is 1. The van der Waals surface area contributed by atoms with Gasteiger partial charge in [-0.15, -0.1) is 0 Å². The Balaban J connectivity index is 1.47. The first-order chi connectivity index (χ1) is 12.0. The zero-order chi connectivity index (χ0) is 17.8. The average Bonchev–Trinajstić information content (AvgIpc) is 2.93. The van der Waals surface area contributed by atoms with E-state index in [1.165, 1.54) is 5.56 Å². The first-order valence-corrected chi connectivity index (χ1v) is 8.80. The minimum Gasteiger partial charge on any atom is -0.399 e. The summed E-state index contributed by atoms with van der Waals surface area (Å²) in [6.07, 6.45) is 1.21. The van der Waals surface area contributed by atoms with Crippen molar-refractivity contribution in [1.82, 2.24) is 15.0 Å². The van der Waals surface area contributed by atoms with Crippen molar-refractivity contribution in [3.05, 3.63) is 46.8 Å². The normalized spacial score (nSPS) is 15.5. The fourth-order valence-corrected chi connectivity index (χ4v) is 3.27. The molecule has 1 fully saturated rings. The molecule has 1 amide bonds. The highest BCUT2D eigenvalue weighted by Crippen LogP contribution is 2.17. The highest BCUT2D eigenvalue weighted by molar-refractivity contribution is 5.76. The Bertz CT molecular complexity index is 713. The Morgan fingerprint density at radius 2 is 1.92 bits per heavy atom. The van der Waals surface area contributed by atoms with E-state index in [2.05, 4.69) is 10.1 Å². The SMILES string of the molecule is Cc1noc(C)c1CN1CCN(C(=O)CCc2ccccc2N)CC1. The number of piperazine rings is 1. The van der Waals surface area contributed by atoms with Crippen molar-refractivity contribution in [2.75, 3.05) is 31.9 Å². The van der Waals surface area contributed by atoms with Crippen LogP contribution in [0.4, 0.5) is 5.69 Å². The second-order valence-electron chi connectivity index (χ2n) is 6.66. The molecule has 1 aliphatic heterocycles. The third kappa shape index (κ3) is 4.20. The van der Waals surface area contributed by atoms with Crippen molar-refractivity contribution in [2.45, 2.75) is 33.2 Å². The number of hydrogen-bond donors (Lipinski definition) is 1. The van der Waals surface area contributed by atoms with Crippen LogP contribution in [0.3, 0.4) is 0 Å². The highest BCUT2D eigenvalue weighted by Gasteiger charge is 2.22. The summed E-state index contributed by atoms with van der Waals surface area (Å²) in [6, 6.07) is 7.75. The predicted octanol–water partition coefficient (Wildman–Crippen LogP) is 2.15. The molecule has 0 saturated carbocycles. The van der Waals surface area contributed by atoms with Crippen LogP contribution in [-0.2, 0) is 17.8 Å². The van der Waals surface area contributed by atoms with Gasteiger partial charge in [0.25, 0.3) is 0 Å². The first kappa shape index (κ1) is 17.5. The Labute approximate surface area is 148 Å². The molecule has 0 bridgehead atoms. The minimum atomic E-state index is 0.209. The minimum absolute atomic E-state index is 0.209. The number of amides is 1. The van der Waals surface area contributed by atoms with Gasteiger partial charge in [0, 0.05) is 50.4 Å². The third-order valence-corrected chi connectivity index (χ3v) is 4.95. The fraction of sp³-hybridized carbons (Fsp3) is 0.474. The van der Waals surface area contributed by atoms with Crippen molar-refractivity contribution >= 4 is 11.6 Å². The third-order valence-electron chi connectivity index (χ3n) is 4.95. The van der Waals surface area contributed by atoms with E-state index in [0.29, 0.717) is 12.8 Å². The molecule has 134 valence electrons. The van der Waals surface area contributed by atoms with E-state index in [-0.39, 0.29) is 5.91 Å². The predicted molar refractivity (Wildman–Crippen MR) is 97.0 cm³/mol. The van der Waals surface area contributed by atoms with Gasteiger partial charge in [0.15, 0.2) is 0 Å². The van der Waals surface area contributed by atoms with E-state index in [0.717, 1.165) is 55.4 Å². The van der Waals surface area contributed by atoms with Gasteiger partial charge in [-0.3, -0.25) is 9.69 Å². The smallest absolute Gasteiger partial charge is 0.222 e. The van der Waals surface area contributed by atoms with Crippen LogP contribution in [0.1, 0.15) is 29.0 Å². The maximum Gasteiger partial charge on any atom is 0.222 e. The average molecular weight is 342 g/mol. The van der Waals surface area contributed by atoms with Gasteiger partial charge in [0.05, 0.1) is 5.69 Å². The van der Waals surface area contributed by atoms with E-state index in [1.54, 1.807) is 0 Å². The lowest BCUT2D eigenvalue weighted by atomic mass is 10.1. The molecule has 6 nitrogen and oxygen atoms in total. The van der Waals surface area contributed by atoms with Gasteiger partial charge >= 0.3 is 0 Å². The summed E-state index contributed by atoms with van der Waals surface area (Å²) < 4.78 is 5.23. The van der Waals surface area contributed by atoms with Gasteiger partial charge in [0.1, 0.15) is 5.76 Å². The van der Waals surface area contributed by atoms with Crippen molar-refractivity contribution in [2.24, 2.45) is 0 Å². The topological polar surface area (TPSA) is 75.6 Å². The largest absolute Gasteiger partial charge is 0.399 e. The maximum absolute atomic E-state index is 12.5. The van der Waals surface area contributed by atoms with Crippen molar-refractivity contribution in [3.8, 4) is 0 Å². The second-order valence-corrected chi connectivity index (χ2v) is 6.66. The number of nitrogen functional groups attached to an aromatic ring is 1. The number of nitrogens with two attached hydrogens (primary N) is 1. The molecule has 1 saturated heterocycles. The Morgan fingerprint density at radius 3 is 2.56 bits per heavy atom. The monoisotopic (exact) mass is 342 g/mol. The molecule has 6 heteroatoms. The van der Waals surface area contributed by atoms with Crippen LogP contribution in [0.15, 0.2) is 28.8 Å². The summed E-state index contributed by atoms with van der Waals surface area (Å²) in [5, 5.41) is 4.01. The molecule has 0 aliphatic carbocycles. The van der Waals surface area contributed by atoms with E-state index < -0.39 is 0 Å². The van der Waals surface area contributed by atoms with E-state index in [1.807, 2.05) is 43.0 Å². The summed E-state index contributed by atoms with van der Waals surface area (Å²) in [4.78, 5) is 16.8. The van der Waals surface area contributed by atoms with Gasteiger partial charge in [0.2, 0.25) is 5.91 Å². The summed E-state index contributed by atoms with van der Waals surface area (Å²) in [6.45, 7) is 8.06. The van der Waals surface area contributed by atoms with Crippen LogP contribution in [0.2, 0.25) is 0 Å². The molecule has 1 aliphatic rings. The molecule has 2 N–H and O–H groups in total. The zero-order valence-electron chi connectivity index (χ0n) is 15.0. The molecule has 0 unspecified atom stereocenters. The Hall–Kier alpha value is -2.34. The van der Waals surface area contributed by atoms with Crippen LogP contribution in [0, 0.1) is 13.8 Å². The van der Waals surface area contributed by atoms with Crippen LogP contribution in [0.5, 0.6) is 0 Å². The molecule has 0 atom stereocenters. The number of carbonyl (C=O) groups is 1. The molecule has 2 heterocycles. The van der Waals surface area contributed by atoms with Crippen LogP contribution < -0.4 is 5.73 Å². The molecule has 0 radical (unpaired) electrons. The van der Waals surface area contributed by atoms with Gasteiger partial charge in [-0.1, -0.05) is 23.4 Å². The Morgan fingerprint density at radius 1 is 1.20 bits per heavy atom. The fourth-order valence-electron chi connectivity index (χ4n) is 3.27. The summed E-state index contributed by atoms with van der Waals surface area (Å²) >= 11 is 0. The first-order valence-electron chi connectivity index (χ1n) is 8.80. The van der Waals surface area contributed by atoms with Crippen LogP contribution >= 0.6 is 0 Å². The summed E-state index contributed by atoms with van der Waals surface area (Å²) in [5.41, 5.74) is 9.88. The number of carbonyl (C=O) groups excluding carboxylic acids is 1. The molecule has 1 aromatic carbocycles. The number of para-hydroxylation sites is 1.